The number of amides is 1. The molecule has 25 heavy (non-hydrogen) atoms. The van der Waals surface area contributed by atoms with Gasteiger partial charge in [-0.3, -0.25) is 4.79 Å². The zero-order chi connectivity index (χ0) is 18.0. The lowest BCUT2D eigenvalue weighted by molar-refractivity contribution is -0.117. The highest BCUT2D eigenvalue weighted by Crippen LogP contribution is 2.37. The van der Waals surface area contributed by atoms with Crippen LogP contribution in [-0.2, 0) is 15.0 Å². The molecule has 3 rings (SSSR count). The summed E-state index contributed by atoms with van der Waals surface area (Å²) in [4.78, 5) is 14.0. The fourth-order valence-corrected chi connectivity index (χ4v) is 4.41. The summed E-state index contributed by atoms with van der Waals surface area (Å²) in [6.07, 6.45) is 0.315. The van der Waals surface area contributed by atoms with Crippen molar-refractivity contribution in [3.8, 4) is 11.5 Å². The van der Waals surface area contributed by atoms with Crippen LogP contribution in [0.25, 0.3) is 0 Å². The van der Waals surface area contributed by atoms with Crippen LogP contribution in [0.4, 0.5) is 5.69 Å². The quantitative estimate of drug-likeness (QED) is 0.773. The fraction of sp³-hybridized carbons (Fsp3) is 0.562. The standard InChI is InChI=1S/C16H23N3O5S/c1-3-18(4-2)25(21,22)17-9-12-7-16(20)19(10-12)13-5-6-14-15(8-13)24-11-23-14/h5-6,8,12,17H,3-4,7,9-11H2,1-2H3. The maximum Gasteiger partial charge on any atom is 0.279 e. The maximum atomic E-state index is 12.3. The van der Waals surface area contributed by atoms with Gasteiger partial charge in [0, 0.05) is 44.4 Å². The van der Waals surface area contributed by atoms with Crippen molar-refractivity contribution in [3.05, 3.63) is 18.2 Å². The van der Waals surface area contributed by atoms with E-state index in [1.165, 1.54) is 4.31 Å². The van der Waals surface area contributed by atoms with Gasteiger partial charge in [-0.25, -0.2) is 4.72 Å². The number of rotatable bonds is 7. The molecule has 0 radical (unpaired) electrons. The smallest absolute Gasteiger partial charge is 0.279 e. The molecule has 1 aromatic rings. The molecular weight excluding hydrogens is 346 g/mol. The van der Waals surface area contributed by atoms with Gasteiger partial charge >= 0.3 is 0 Å². The Kier molecular flexibility index (Phi) is 5.16. The van der Waals surface area contributed by atoms with Crippen molar-refractivity contribution in [2.24, 2.45) is 5.92 Å². The summed E-state index contributed by atoms with van der Waals surface area (Å²) in [5.74, 6) is 1.20. The number of anilines is 1. The van der Waals surface area contributed by atoms with Crippen molar-refractivity contribution in [2.75, 3.05) is 37.9 Å². The highest BCUT2D eigenvalue weighted by Gasteiger charge is 2.32. The first-order chi connectivity index (χ1) is 11.9. The summed E-state index contributed by atoms with van der Waals surface area (Å²) in [5, 5.41) is 0. The van der Waals surface area contributed by atoms with Crippen molar-refractivity contribution in [3.63, 3.8) is 0 Å². The molecule has 1 fully saturated rings. The van der Waals surface area contributed by atoms with Crippen molar-refractivity contribution < 1.29 is 22.7 Å². The van der Waals surface area contributed by atoms with Gasteiger partial charge in [-0.05, 0) is 18.1 Å². The molecular formula is C16H23N3O5S. The lowest BCUT2D eigenvalue weighted by Crippen LogP contribution is -2.42. The number of nitrogens with zero attached hydrogens (tertiary/aromatic N) is 2. The molecule has 2 aliphatic heterocycles. The Hall–Kier alpha value is -1.84. The molecule has 1 N–H and O–H groups in total. The van der Waals surface area contributed by atoms with Gasteiger partial charge in [-0.1, -0.05) is 13.8 Å². The molecule has 0 saturated carbocycles. The zero-order valence-corrected chi connectivity index (χ0v) is 15.2. The van der Waals surface area contributed by atoms with E-state index in [-0.39, 0.29) is 25.2 Å². The Morgan fingerprint density at radius 3 is 2.68 bits per heavy atom. The molecule has 138 valence electrons. The number of carbonyl (C=O) groups is 1. The number of hydrogen-bond acceptors (Lipinski definition) is 5. The van der Waals surface area contributed by atoms with Gasteiger partial charge in [0.05, 0.1) is 0 Å². The van der Waals surface area contributed by atoms with Crippen LogP contribution in [0.15, 0.2) is 18.2 Å². The van der Waals surface area contributed by atoms with Gasteiger partial charge in [0.1, 0.15) is 0 Å². The van der Waals surface area contributed by atoms with Crippen LogP contribution in [0.3, 0.4) is 0 Å². The molecule has 8 nitrogen and oxygen atoms in total. The zero-order valence-electron chi connectivity index (χ0n) is 14.4. The largest absolute Gasteiger partial charge is 0.454 e. The third kappa shape index (κ3) is 3.73. The van der Waals surface area contributed by atoms with Gasteiger partial charge in [0.2, 0.25) is 12.7 Å². The van der Waals surface area contributed by atoms with Gasteiger partial charge < -0.3 is 14.4 Å². The summed E-state index contributed by atoms with van der Waals surface area (Å²) < 4.78 is 39.0. The fourth-order valence-electron chi connectivity index (χ4n) is 3.10. The molecule has 1 amide bonds. The van der Waals surface area contributed by atoms with Gasteiger partial charge in [-0.15, -0.1) is 0 Å². The van der Waals surface area contributed by atoms with Crippen molar-refractivity contribution in [1.82, 2.24) is 9.03 Å². The van der Waals surface area contributed by atoms with Crippen LogP contribution in [0.1, 0.15) is 20.3 Å². The number of nitrogens with one attached hydrogen (secondary N) is 1. The second-order valence-electron chi connectivity index (χ2n) is 6.05. The van der Waals surface area contributed by atoms with Crippen molar-refractivity contribution in [1.29, 1.82) is 0 Å². The molecule has 0 aromatic heterocycles. The van der Waals surface area contributed by atoms with E-state index in [1.807, 2.05) is 6.07 Å². The molecule has 0 bridgehead atoms. The van der Waals surface area contributed by atoms with E-state index in [0.717, 1.165) is 5.69 Å². The highest BCUT2D eigenvalue weighted by molar-refractivity contribution is 7.87. The van der Waals surface area contributed by atoms with E-state index in [1.54, 1.807) is 30.9 Å². The first-order valence-corrected chi connectivity index (χ1v) is 9.83. The summed E-state index contributed by atoms with van der Waals surface area (Å²) in [6.45, 7) is 5.32. The topological polar surface area (TPSA) is 88.2 Å². The third-order valence-electron chi connectivity index (χ3n) is 4.47. The maximum absolute atomic E-state index is 12.3. The van der Waals surface area contributed by atoms with Crippen molar-refractivity contribution in [2.45, 2.75) is 20.3 Å². The summed E-state index contributed by atoms with van der Waals surface area (Å²) in [6, 6.07) is 5.37. The number of carbonyl (C=O) groups excluding carboxylic acids is 1. The number of fused-ring (bicyclic) bond motifs is 1. The van der Waals surface area contributed by atoms with Crippen LogP contribution in [0, 0.1) is 5.92 Å². The molecule has 2 heterocycles. The van der Waals surface area contributed by atoms with E-state index in [2.05, 4.69) is 4.72 Å². The minimum absolute atomic E-state index is 0.0223. The normalized spacial score (nSPS) is 19.9. The van der Waals surface area contributed by atoms with E-state index >= 15 is 0 Å². The molecule has 1 saturated heterocycles. The van der Waals surface area contributed by atoms with E-state index in [4.69, 9.17) is 9.47 Å². The molecule has 1 unspecified atom stereocenters. The Morgan fingerprint density at radius 2 is 1.96 bits per heavy atom. The lowest BCUT2D eigenvalue weighted by atomic mass is 10.1. The van der Waals surface area contributed by atoms with E-state index in [9.17, 15) is 13.2 Å². The minimum atomic E-state index is -3.50. The van der Waals surface area contributed by atoms with Crippen LogP contribution < -0.4 is 19.1 Å². The number of benzene rings is 1. The van der Waals surface area contributed by atoms with Gasteiger partial charge in [0.25, 0.3) is 10.2 Å². The first kappa shape index (κ1) is 18.0. The Bertz CT molecular complexity index is 748. The van der Waals surface area contributed by atoms with Crippen LogP contribution in [0.2, 0.25) is 0 Å². The number of hydrogen-bond donors (Lipinski definition) is 1. The second-order valence-corrected chi connectivity index (χ2v) is 7.81. The monoisotopic (exact) mass is 369 g/mol. The third-order valence-corrected chi connectivity index (χ3v) is 6.20. The predicted molar refractivity (Wildman–Crippen MR) is 92.9 cm³/mol. The Morgan fingerprint density at radius 1 is 1.24 bits per heavy atom. The molecule has 2 aliphatic rings. The Labute approximate surface area is 147 Å². The SMILES string of the molecule is CCN(CC)S(=O)(=O)NCC1CC(=O)N(c2ccc3c(c2)OCO3)C1. The summed E-state index contributed by atoms with van der Waals surface area (Å²) in [7, 11) is -3.50. The highest BCUT2D eigenvalue weighted by atomic mass is 32.2. The summed E-state index contributed by atoms with van der Waals surface area (Å²) in [5.41, 5.74) is 0.739. The molecule has 1 atom stereocenters. The minimum Gasteiger partial charge on any atom is -0.454 e. The Balaban J connectivity index is 1.63. The number of ether oxygens (including phenoxy) is 2. The molecule has 0 spiro atoms. The average molecular weight is 369 g/mol. The molecule has 9 heteroatoms. The van der Waals surface area contributed by atoms with E-state index < -0.39 is 10.2 Å². The van der Waals surface area contributed by atoms with Gasteiger partial charge in [-0.2, -0.15) is 12.7 Å². The van der Waals surface area contributed by atoms with Crippen LogP contribution in [0.5, 0.6) is 11.5 Å². The van der Waals surface area contributed by atoms with Crippen LogP contribution in [-0.4, -0.2) is 51.6 Å². The lowest BCUT2D eigenvalue weighted by Gasteiger charge is -2.20. The molecule has 1 aromatic carbocycles. The average Bonchev–Trinajstić information content (AvgIpc) is 3.19. The second kappa shape index (κ2) is 7.19. The van der Waals surface area contributed by atoms with Crippen LogP contribution >= 0.6 is 0 Å². The first-order valence-electron chi connectivity index (χ1n) is 8.39. The van der Waals surface area contributed by atoms with Crippen molar-refractivity contribution >= 4 is 21.8 Å². The predicted octanol–water partition coefficient (Wildman–Crippen LogP) is 0.944. The van der Waals surface area contributed by atoms with E-state index in [0.29, 0.717) is 37.6 Å². The molecule has 0 aliphatic carbocycles. The summed E-state index contributed by atoms with van der Waals surface area (Å²) >= 11 is 0. The van der Waals surface area contributed by atoms with Gasteiger partial charge in [0.15, 0.2) is 11.5 Å².